The number of carbonyl (C=O) groups excluding carboxylic acids is 2. The van der Waals surface area contributed by atoms with E-state index in [1.807, 2.05) is 0 Å². The fourth-order valence-corrected chi connectivity index (χ4v) is 1.12. The van der Waals surface area contributed by atoms with Crippen LogP contribution in [0.25, 0.3) is 0 Å². The van der Waals surface area contributed by atoms with Crippen LogP contribution in [0.2, 0.25) is 0 Å². The number of phenolic OH excluding ortho intramolecular Hbond substituents is 1. The molecule has 1 rings (SSSR count). The Morgan fingerprint density at radius 1 is 1.56 bits per heavy atom. The summed E-state index contributed by atoms with van der Waals surface area (Å²) >= 11 is 0. The number of rotatable bonds is 2. The van der Waals surface area contributed by atoms with E-state index in [0.29, 0.717) is 0 Å². The van der Waals surface area contributed by atoms with Gasteiger partial charge in [0.05, 0.1) is 17.6 Å². The molecule has 0 aliphatic rings. The van der Waals surface area contributed by atoms with Crippen molar-refractivity contribution in [2.75, 3.05) is 7.11 Å². The smallest absolute Gasteiger partial charge is 0.384 e. The summed E-state index contributed by atoms with van der Waals surface area (Å²) in [6.45, 7) is 0. The zero-order valence-corrected chi connectivity index (χ0v) is 9.17. The average Bonchev–Trinajstić information content (AvgIpc) is 2.36. The van der Waals surface area contributed by atoms with Gasteiger partial charge in [-0.2, -0.15) is 0 Å². The normalized spacial score (nSPS) is 8.94. The molecule has 0 saturated carbocycles. The van der Waals surface area contributed by atoms with Crippen LogP contribution < -0.4 is 0 Å². The predicted molar refractivity (Wildman–Crippen MR) is 59.0 cm³/mol. The summed E-state index contributed by atoms with van der Waals surface area (Å²) in [5.74, 6) is 2.79. The van der Waals surface area contributed by atoms with Crippen molar-refractivity contribution in [3.63, 3.8) is 0 Å². The quantitative estimate of drug-likeness (QED) is 0.271. The lowest BCUT2D eigenvalue weighted by atomic mass is 10.1. The standard InChI is InChI=1S/C11H7NO6/c1-18-10(14)3-2-7-4-8(6-13)11(15)9(5-7)12(16)17/h4-6,15H,1H3. The van der Waals surface area contributed by atoms with Gasteiger partial charge in [-0.25, -0.2) is 4.79 Å². The van der Waals surface area contributed by atoms with E-state index in [0.717, 1.165) is 19.2 Å². The molecule has 1 aromatic carbocycles. The van der Waals surface area contributed by atoms with E-state index in [-0.39, 0.29) is 17.4 Å². The summed E-state index contributed by atoms with van der Waals surface area (Å²) in [6.07, 6.45) is 0.256. The molecule has 7 nitrogen and oxygen atoms in total. The summed E-state index contributed by atoms with van der Waals surface area (Å²) in [4.78, 5) is 31.2. The van der Waals surface area contributed by atoms with E-state index in [9.17, 15) is 24.8 Å². The van der Waals surface area contributed by atoms with E-state index >= 15 is 0 Å². The molecule has 0 heterocycles. The molecule has 0 spiro atoms. The largest absolute Gasteiger partial charge is 0.502 e. The fourth-order valence-electron chi connectivity index (χ4n) is 1.12. The maximum Gasteiger partial charge on any atom is 0.384 e. The van der Waals surface area contributed by atoms with Crippen LogP contribution in [-0.2, 0) is 9.53 Å². The first kappa shape index (κ1) is 13.2. The Morgan fingerprint density at radius 2 is 2.22 bits per heavy atom. The monoisotopic (exact) mass is 249 g/mol. The predicted octanol–water partition coefficient (Wildman–Crippen LogP) is 0.637. The number of nitro groups is 1. The number of carbonyl (C=O) groups is 2. The third-order valence-corrected chi connectivity index (χ3v) is 1.94. The number of hydrogen-bond acceptors (Lipinski definition) is 6. The average molecular weight is 249 g/mol. The van der Waals surface area contributed by atoms with Crippen LogP contribution in [0.3, 0.4) is 0 Å². The Kier molecular flexibility index (Phi) is 3.99. The van der Waals surface area contributed by atoms with Crippen molar-refractivity contribution in [1.82, 2.24) is 0 Å². The molecule has 0 radical (unpaired) electrons. The van der Waals surface area contributed by atoms with Gasteiger partial charge >= 0.3 is 11.7 Å². The molecule has 0 amide bonds. The van der Waals surface area contributed by atoms with Gasteiger partial charge in [-0.05, 0) is 6.07 Å². The highest BCUT2D eigenvalue weighted by atomic mass is 16.6. The molecule has 0 atom stereocenters. The van der Waals surface area contributed by atoms with Gasteiger partial charge < -0.3 is 9.84 Å². The fraction of sp³-hybridized carbons (Fsp3) is 0.0909. The third kappa shape index (κ3) is 2.82. The molecule has 0 unspecified atom stereocenters. The second-order valence-corrected chi connectivity index (χ2v) is 3.05. The Balaban J connectivity index is 3.33. The highest BCUT2D eigenvalue weighted by Gasteiger charge is 2.18. The van der Waals surface area contributed by atoms with Crippen LogP contribution in [0.1, 0.15) is 15.9 Å². The lowest BCUT2D eigenvalue weighted by Crippen LogP contribution is -1.96. The van der Waals surface area contributed by atoms with Gasteiger partial charge in [0, 0.05) is 17.6 Å². The zero-order valence-electron chi connectivity index (χ0n) is 9.17. The highest BCUT2D eigenvalue weighted by Crippen LogP contribution is 2.29. The van der Waals surface area contributed by atoms with Crippen molar-refractivity contribution < 1.29 is 24.4 Å². The van der Waals surface area contributed by atoms with Crippen LogP contribution in [0.4, 0.5) is 5.69 Å². The number of aldehydes is 1. The number of nitrogens with zero attached hydrogens (tertiary/aromatic N) is 1. The van der Waals surface area contributed by atoms with E-state index in [1.54, 1.807) is 0 Å². The van der Waals surface area contributed by atoms with Gasteiger partial charge in [-0.1, -0.05) is 5.92 Å². The summed E-state index contributed by atoms with van der Waals surface area (Å²) in [7, 11) is 1.13. The van der Waals surface area contributed by atoms with E-state index in [2.05, 4.69) is 16.6 Å². The molecular formula is C11H7NO6. The molecular weight excluding hydrogens is 242 g/mol. The number of nitro benzene ring substituents is 1. The molecule has 18 heavy (non-hydrogen) atoms. The molecule has 0 saturated heterocycles. The number of esters is 1. The molecule has 1 N–H and O–H groups in total. The number of phenols is 1. The minimum Gasteiger partial charge on any atom is -0.502 e. The molecule has 92 valence electrons. The van der Waals surface area contributed by atoms with Crippen molar-refractivity contribution >= 4 is 17.9 Å². The number of methoxy groups -OCH3 is 1. The Hall–Kier alpha value is -2.88. The van der Waals surface area contributed by atoms with Crippen LogP contribution in [-0.4, -0.2) is 29.4 Å². The lowest BCUT2D eigenvalue weighted by Gasteiger charge is -2.00. The first-order valence-corrected chi connectivity index (χ1v) is 4.56. The number of ether oxygens (including phenoxy) is 1. The van der Waals surface area contributed by atoms with Crippen LogP contribution >= 0.6 is 0 Å². The van der Waals surface area contributed by atoms with Gasteiger partial charge in [-0.15, -0.1) is 0 Å². The molecule has 0 aliphatic heterocycles. The Labute approximate surface area is 101 Å². The van der Waals surface area contributed by atoms with Crippen molar-refractivity contribution in [2.24, 2.45) is 0 Å². The molecule has 0 fully saturated rings. The Morgan fingerprint density at radius 3 is 2.72 bits per heavy atom. The summed E-state index contributed by atoms with van der Waals surface area (Å²) < 4.78 is 4.26. The van der Waals surface area contributed by atoms with Gasteiger partial charge in [0.1, 0.15) is 0 Å². The van der Waals surface area contributed by atoms with Gasteiger partial charge in [0.15, 0.2) is 6.29 Å². The van der Waals surface area contributed by atoms with Crippen molar-refractivity contribution in [3.05, 3.63) is 33.4 Å². The van der Waals surface area contributed by atoms with Crippen molar-refractivity contribution in [2.45, 2.75) is 0 Å². The van der Waals surface area contributed by atoms with E-state index in [1.165, 1.54) is 0 Å². The van der Waals surface area contributed by atoms with Crippen LogP contribution in [0.15, 0.2) is 12.1 Å². The number of hydrogen-bond donors (Lipinski definition) is 1. The molecule has 0 aromatic heterocycles. The lowest BCUT2D eigenvalue weighted by molar-refractivity contribution is -0.385. The van der Waals surface area contributed by atoms with Crippen molar-refractivity contribution in [3.8, 4) is 17.6 Å². The molecule has 7 heteroatoms. The maximum absolute atomic E-state index is 10.8. The van der Waals surface area contributed by atoms with Gasteiger partial charge in [0.25, 0.3) is 0 Å². The number of aromatic hydroxyl groups is 1. The van der Waals surface area contributed by atoms with Gasteiger partial charge in [0.2, 0.25) is 5.75 Å². The Bertz CT molecular complexity index is 581. The first-order chi connectivity index (χ1) is 8.49. The van der Waals surface area contributed by atoms with Crippen LogP contribution in [0, 0.1) is 22.0 Å². The number of benzene rings is 1. The minimum atomic E-state index is -0.856. The molecule has 0 aliphatic carbocycles. The van der Waals surface area contributed by atoms with Crippen molar-refractivity contribution in [1.29, 1.82) is 0 Å². The second-order valence-electron chi connectivity index (χ2n) is 3.05. The molecule has 1 aromatic rings. The van der Waals surface area contributed by atoms with Crippen LogP contribution in [0.5, 0.6) is 5.75 Å². The maximum atomic E-state index is 10.8. The van der Waals surface area contributed by atoms with Gasteiger partial charge in [-0.3, -0.25) is 14.9 Å². The minimum absolute atomic E-state index is 0.0481. The molecule has 0 bridgehead atoms. The third-order valence-electron chi connectivity index (χ3n) is 1.94. The first-order valence-electron chi connectivity index (χ1n) is 4.56. The topological polar surface area (TPSA) is 107 Å². The van der Waals surface area contributed by atoms with E-state index < -0.39 is 22.3 Å². The summed E-state index contributed by atoms with van der Waals surface area (Å²) in [5.41, 5.74) is -0.890. The summed E-state index contributed by atoms with van der Waals surface area (Å²) in [6, 6.07) is 2.09. The van der Waals surface area contributed by atoms with E-state index in [4.69, 9.17) is 0 Å². The zero-order chi connectivity index (χ0) is 13.7. The highest BCUT2D eigenvalue weighted by molar-refractivity contribution is 5.89. The second kappa shape index (κ2) is 5.45. The SMILES string of the molecule is COC(=O)C#Cc1cc(C=O)c(O)c([N+](=O)[O-])c1. The summed E-state index contributed by atoms with van der Waals surface area (Å²) in [5, 5.41) is 20.0.